The van der Waals surface area contributed by atoms with E-state index in [1.54, 1.807) is 7.11 Å². The molecule has 0 saturated carbocycles. The Balaban J connectivity index is 4.29. The molecule has 3 N–H and O–H groups in total. The van der Waals surface area contributed by atoms with Crippen LogP contribution in [0.4, 0.5) is 0 Å². The molecule has 0 aromatic heterocycles. The maximum Gasteiger partial charge on any atom is 0.0601 e. The molecule has 0 radical (unpaired) electrons. The molecular weight excluding hydrogens is 204 g/mol. The van der Waals surface area contributed by atoms with Crippen LogP contribution in [0.15, 0.2) is 0 Å². The number of hydrogen-bond donors (Lipinski definition) is 2. The van der Waals surface area contributed by atoms with Crippen molar-refractivity contribution >= 4 is 0 Å². The van der Waals surface area contributed by atoms with Crippen LogP contribution < -0.4 is 5.73 Å². The molecule has 0 amide bonds. The van der Waals surface area contributed by atoms with Crippen LogP contribution in [0.5, 0.6) is 0 Å². The lowest BCUT2D eigenvalue weighted by Gasteiger charge is -2.34. The monoisotopic (exact) mass is 232 g/mol. The zero-order valence-electron chi connectivity index (χ0n) is 11.1. The summed E-state index contributed by atoms with van der Waals surface area (Å²) in [4.78, 5) is 2.19. The molecule has 2 unspecified atom stereocenters. The fraction of sp³-hybridized carbons (Fsp3) is 1.00. The van der Waals surface area contributed by atoms with Crippen LogP contribution in [0, 0.1) is 5.92 Å². The first kappa shape index (κ1) is 15.8. The molecule has 4 nitrogen and oxygen atoms in total. The summed E-state index contributed by atoms with van der Waals surface area (Å²) in [5.74, 6) is 0.560. The average molecular weight is 232 g/mol. The average Bonchev–Trinajstić information content (AvgIpc) is 2.22. The van der Waals surface area contributed by atoms with Gasteiger partial charge in [-0.05, 0) is 18.9 Å². The van der Waals surface area contributed by atoms with Gasteiger partial charge in [-0.15, -0.1) is 0 Å². The molecule has 2 atom stereocenters. The largest absolute Gasteiger partial charge is 0.395 e. The Labute approximate surface area is 99.8 Å². The highest BCUT2D eigenvalue weighted by Crippen LogP contribution is 2.11. The first-order chi connectivity index (χ1) is 7.56. The summed E-state index contributed by atoms with van der Waals surface area (Å²) < 4.78 is 5.07. The van der Waals surface area contributed by atoms with Crippen LogP contribution in [0.25, 0.3) is 0 Å². The summed E-state index contributed by atoms with van der Waals surface area (Å²) in [6.45, 7) is 8.90. The molecule has 98 valence electrons. The predicted octanol–water partition coefficient (Wildman–Crippen LogP) is 0.689. The smallest absolute Gasteiger partial charge is 0.0601 e. The van der Waals surface area contributed by atoms with Crippen molar-refractivity contribution in [3.8, 4) is 0 Å². The van der Waals surface area contributed by atoms with Crippen molar-refractivity contribution in [1.82, 2.24) is 4.90 Å². The minimum Gasteiger partial charge on any atom is -0.395 e. The van der Waals surface area contributed by atoms with Gasteiger partial charge in [0, 0.05) is 25.7 Å². The molecule has 0 rings (SSSR count). The van der Waals surface area contributed by atoms with Crippen molar-refractivity contribution in [3.05, 3.63) is 0 Å². The molecule has 0 aromatic rings. The number of hydrogen-bond acceptors (Lipinski definition) is 4. The lowest BCUT2D eigenvalue weighted by Crippen LogP contribution is -2.51. The second-order valence-corrected chi connectivity index (χ2v) is 4.66. The molecule has 0 aromatic carbocycles. The second kappa shape index (κ2) is 8.93. The van der Waals surface area contributed by atoms with E-state index in [9.17, 15) is 5.11 Å². The number of aliphatic hydroxyl groups is 1. The summed E-state index contributed by atoms with van der Waals surface area (Å²) in [5, 5.41) is 9.45. The summed E-state index contributed by atoms with van der Waals surface area (Å²) >= 11 is 0. The third-order valence-corrected chi connectivity index (χ3v) is 2.88. The van der Waals surface area contributed by atoms with Gasteiger partial charge in [0.2, 0.25) is 0 Å². The summed E-state index contributed by atoms with van der Waals surface area (Å²) in [5.41, 5.74) is 6.14. The number of nitrogens with two attached hydrogens (primary N) is 1. The Morgan fingerprint density at radius 1 is 1.38 bits per heavy atom. The molecule has 0 aliphatic carbocycles. The van der Waals surface area contributed by atoms with Gasteiger partial charge in [-0.2, -0.15) is 0 Å². The minimum absolute atomic E-state index is 0.0295. The fourth-order valence-electron chi connectivity index (χ4n) is 1.99. The third-order valence-electron chi connectivity index (χ3n) is 2.88. The standard InChI is InChI=1S/C12H28N2O2/c1-5-14(6-7-16-4)12(9-15)11(13)8-10(2)3/h10-12,15H,5-9,13H2,1-4H3. The van der Waals surface area contributed by atoms with E-state index in [1.807, 2.05) is 0 Å². The highest BCUT2D eigenvalue weighted by Gasteiger charge is 2.23. The first-order valence-corrected chi connectivity index (χ1v) is 6.16. The van der Waals surface area contributed by atoms with Gasteiger partial charge in [0.1, 0.15) is 0 Å². The maximum atomic E-state index is 9.45. The van der Waals surface area contributed by atoms with Gasteiger partial charge in [0.15, 0.2) is 0 Å². The van der Waals surface area contributed by atoms with Gasteiger partial charge < -0.3 is 15.6 Å². The van der Waals surface area contributed by atoms with Crippen molar-refractivity contribution in [2.24, 2.45) is 11.7 Å². The van der Waals surface area contributed by atoms with Crippen molar-refractivity contribution < 1.29 is 9.84 Å². The summed E-state index contributed by atoms with van der Waals surface area (Å²) in [6.07, 6.45) is 0.939. The van der Waals surface area contributed by atoms with E-state index < -0.39 is 0 Å². The van der Waals surface area contributed by atoms with E-state index in [0.717, 1.165) is 19.5 Å². The molecule has 0 aliphatic heterocycles. The Kier molecular flexibility index (Phi) is 8.84. The Morgan fingerprint density at radius 3 is 2.38 bits per heavy atom. The quantitative estimate of drug-likeness (QED) is 0.614. The molecular formula is C12H28N2O2. The van der Waals surface area contributed by atoms with E-state index in [4.69, 9.17) is 10.5 Å². The van der Waals surface area contributed by atoms with Crippen LogP contribution >= 0.6 is 0 Å². The lowest BCUT2D eigenvalue weighted by atomic mass is 9.97. The normalized spacial score (nSPS) is 15.8. The van der Waals surface area contributed by atoms with Crippen molar-refractivity contribution in [1.29, 1.82) is 0 Å². The Bertz CT molecular complexity index is 165. The third kappa shape index (κ3) is 5.80. The van der Waals surface area contributed by atoms with E-state index in [2.05, 4.69) is 25.7 Å². The Hall–Kier alpha value is -0.160. The number of likely N-dealkylation sites (N-methyl/N-ethyl adjacent to an activating group) is 1. The van der Waals surface area contributed by atoms with E-state index in [0.29, 0.717) is 12.5 Å². The second-order valence-electron chi connectivity index (χ2n) is 4.66. The number of nitrogens with zero attached hydrogens (tertiary/aromatic N) is 1. The maximum absolute atomic E-state index is 9.45. The molecule has 0 spiro atoms. The predicted molar refractivity (Wildman–Crippen MR) is 67.4 cm³/mol. The number of aliphatic hydroxyl groups excluding tert-OH is 1. The van der Waals surface area contributed by atoms with Crippen LogP contribution in [-0.2, 0) is 4.74 Å². The molecule has 0 bridgehead atoms. The van der Waals surface area contributed by atoms with Crippen molar-refractivity contribution in [3.63, 3.8) is 0 Å². The van der Waals surface area contributed by atoms with Gasteiger partial charge in [-0.1, -0.05) is 20.8 Å². The van der Waals surface area contributed by atoms with Crippen LogP contribution in [0.1, 0.15) is 27.2 Å². The van der Waals surface area contributed by atoms with Crippen LogP contribution in [0.3, 0.4) is 0 Å². The number of rotatable bonds is 9. The molecule has 4 heteroatoms. The summed E-state index contributed by atoms with van der Waals surface area (Å²) in [6, 6.07) is 0.0735. The van der Waals surface area contributed by atoms with Gasteiger partial charge in [0.05, 0.1) is 13.2 Å². The van der Waals surface area contributed by atoms with E-state index >= 15 is 0 Å². The molecule has 16 heavy (non-hydrogen) atoms. The number of ether oxygens (including phenoxy) is 1. The number of methoxy groups -OCH3 is 1. The van der Waals surface area contributed by atoms with Gasteiger partial charge >= 0.3 is 0 Å². The lowest BCUT2D eigenvalue weighted by molar-refractivity contribution is 0.0738. The highest BCUT2D eigenvalue weighted by atomic mass is 16.5. The highest BCUT2D eigenvalue weighted by molar-refractivity contribution is 4.82. The van der Waals surface area contributed by atoms with Crippen LogP contribution in [-0.4, -0.2) is 55.5 Å². The van der Waals surface area contributed by atoms with Gasteiger partial charge in [0.25, 0.3) is 0 Å². The zero-order chi connectivity index (χ0) is 12.6. The van der Waals surface area contributed by atoms with E-state index in [1.165, 1.54) is 0 Å². The van der Waals surface area contributed by atoms with Gasteiger partial charge in [-0.25, -0.2) is 0 Å². The van der Waals surface area contributed by atoms with E-state index in [-0.39, 0.29) is 18.7 Å². The summed E-state index contributed by atoms with van der Waals surface area (Å²) in [7, 11) is 1.69. The SMILES string of the molecule is CCN(CCOC)C(CO)C(N)CC(C)C. The topological polar surface area (TPSA) is 58.7 Å². The minimum atomic E-state index is 0.0295. The molecule has 0 fully saturated rings. The molecule has 0 saturated heterocycles. The first-order valence-electron chi connectivity index (χ1n) is 6.16. The zero-order valence-corrected chi connectivity index (χ0v) is 11.1. The van der Waals surface area contributed by atoms with Crippen molar-refractivity contribution in [2.45, 2.75) is 39.3 Å². The fourth-order valence-corrected chi connectivity index (χ4v) is 1.99. The van der Waals surface area contributed by atoms with Crippen LogP contribution in [0.2, 0.25) is 0 Å². The molecule has 0 aliphatic rings. The van der Waals surface area contributed by atoms with Gasteiger partial charge in [-0.3, -0.25) is 4.90 Å². The Morgan fingerprint density at radius 2 is 2.00 bits per heavy atom. The van der Waals surface area contributed by atoms with Crippen molar-refractivity contribution in [2.75, 3.05) is 33.4 Å². The molecule has 0 heterocycles.